The van der Waals surface area contributed by atoms with Crippen LogP contribution in [-0.4, -0.2) is 12.6 Å². The van der Waals surface area contributed by atoms with Gasteiger partial charge in [-0.15, -0.1) is 11.3 Å². The molecule has 1 saturated carbocycles. The lowest BCUT2D eigenvalue weighted by atomic mass is 9.77. The molecule has 18 heavy (non-hydrogen) atoms. The fraction of sp³-hybridized carbons (Fsp3) is 0.733. The van der Waals surface area contributed by atoms with Crippen LogP contribution in [0.4, 0.5) is 0 Å². The molecule has 1 aliphatic rings. The molecule has 0 aromatic carbocycles. The van der Waals surface area contributed by atoms with E-state index in [1.54, 1.807) is 4.88 Å². The minimum atomic E-state index is 0.614. The Morgan fingerprint density at radius 3 is 2.67 bits per heavy atom. The van der Waals surface area contributed by atoms with E-state index in [1.165, 1.54) is 43.1 Å². The normalized spacial score (nSPS) is 24.7. The summed E-state index contributed by atoms with van der Waals surface area (Å²) in [6.45, 7) is 5.69. The maximum atomic E-state index is 3.63. The molecule has 102 valence electrons. The van der Waals surface area contributed by atoms with Crippen LogP contribution in [0.1, 0.15) is 44.4 Å². The van der Waals surface area contributed by atoms with Crippen molar-refractivity contribution in [3.05, 3.63) is 20.8 Å². The minimum absolute atomic E-state index is 0.614. The molecule has 1 aromatic rings. The second-order valence-corrected chi connectivity index (χ2v) is 7.71. The SMILES string of the molecule is CC(C)NCC1CCCCC1Cc1cc(Br)cs1. The van der Waals surface area contributed by atoms with Crippen molar-refractivity contribution < 1.29 is 0 Å². The van der Waals surface area contributed by atoms with Gasteiger partial charge in [-0.3, -0.25) is 0 Å². The molecule has 1 fully saturated rings. The van der Waals surface area contributed by atoms with Crippen molar-refractivity contribution >= 4 is 27.3 Å². The Morgan fingerprint density at radius 2 is 2.06 bits per heavy atom. The van der Waals surface area contributed by atoms with Gasteiger partial charge in [0.2, 0.25) is 0 Å². The topological polar surface area (TPSA) is 12.0 Å². The molecule has 2 atom stereocenters. The lowest BCUT2D eigenvalue weighted by Crippen LogP contribution is -2.34. The molecule has 0 aliphatic heterocycles. The van der Waals surface area contributed by atoms with Gasteiger partial charge < -0.3 is 5.32 Å². The minimum Gasteiger partial charge on any atom is -0.314 e. The van der Waals surface area contributed by atoms with E-state index >= 15 is 0 Å². The van der Waals surface area contributed by atoms with Crippen LogP contribution >= 0.6 is 27.3 Å². The zero-order chi connectivity index (χ0) is 13.0. The molecule has 1 N–H and O–H groups in total. The highest BCUT2D eigenvalue weighted by Gasteiger charge is 2.25. The van der Waals surface area contributed by atoms with E-state index < -0.39 is 0 Å². The van der Waals surface area contributed by atoms with Crippen LogP contribution in [0, 0.1) is 11.8 Å². The molecule has 1 aliphatic carbocycles. The third kappa shape index (κ3) is 4.36. The molecule has 0 bridgehead atoms. The van der Waals surface area contributed by atoms with Crippen LogP contribution in [0.3, 0.4) is 0 Å². The highest BCUT2D eigenvalue weighted by atomic mass is 79.9. The first-order chi connectivity index (χ1) is 8.65. The van der Waals surface area contributed by atoms with E-state index in [1.807, 2.05) is 11.3 Å². The Morgan fingerprint density at radius 1 is 1.33 bits per heavy atom. The van der Waals surface area contributed by atoms with Crippen molar-refractivity contribution in [3.63, 3.8) is 0 Å². The van der Waals surface area contributed by atoms with Gasteiger partial charge in [-0.25, -0.2) is 0 Å². The molecular weight excluding hydrogens is 306 g/mol. The van der Waals surface area contributed by atoms with Crippen LogP contribution in [0.15, 0.2) is 15.9 Å². The van der Waals surface area contributed by atoms with Gasteiger partial charge in [-0.05, 0) is 59.6 Å². The molecule has 0 radical (unpaired) electrons. The molecule has 1 heterocycles. The van der Waals surface area contributed by atoms with E-state index in [-0.39, 0.29) is 0 Å². The van der Waals surface area contributed by atoms with E-state index in [0.717, 1.165) is 11.8 Å². The second kappa shape index (κ2) is 7.06. The average molecular weight is 330 g/mol. The van der Waals surface area contributed by atoms with Gasteiger partial charge in [0.15, 0.2) is 0 Å². The average Bonchev–Trinajstić information content (AvgIpc) is 2.73. The van der Waals surface area contributed by atoms with Gasteiger partial charge in [-0.2, -0.15) is 0 Å². The number of hydrogen-bond acceptors (Lipinski definition) is 2. The quantitative estimate of drug-likeness (QED) is 0.813. The summed E-state index contributed by atoms with van der Waals surface area (Å²) in [4.78, 5) is 1.54. The van der Waals surface area contributed by atoms with Crippen molar-refractivity contribution in [2.45, 2.75) is 52.0 Å². The Labute approximate surface area is 123 Å². The van der Waals surface area contributed by atoms with Crippen molar-refractivity contribution in [2.24, 2.45) is 11.8 Å². The Kier molecular flexibility index (Phi) is 5.71. The summed E-state index contributed by atoms with van der Waals surface area (Å²) in [6.07, 6.45) is 6.96. The maximum absolute atomic E-state index is 3.63. The predicted molar refractivity (Wildman–Crippen MR) is 84.3 cm³/mol. The van der Waals surface area contributed by atoms with E-state index in [0.29, 0.717) is 6.04 Å². The summed E-state index contributed by atoms with van der Waals surface area (Å²) in [5.41, 5.74) is 0. The first-order valence-corrected chi connectivity index (χ1v) is 8.78. The Balaban J connectivity index is 1.90. The first kappa shape index (κ1) is 14.5. The maximum Gasteiger partial charge on any atom is 0.0285 e. The number of rotatable bonds is 5. The van der Waals surface area contributed by atoms with Crippen molar-refractivity contribution in [2.75, 3.05) is 6.54 Å². The fourth-order valence-corrected chi connectivity index (χ4v) is 4.47. The van der Waals surface area contributed by atoms with E-state index in [4.69, 9.17) is 0 Å². The molecule has 2 unspecified atom stereocenters. The lowest BCUT2D eigenvalue weighted by Gasteiger charge is -2.32. The fourth-order valence-electron chi connectivity index (χ4n) is 2.93. The highest BCUT2D eigenvalue weighted by molar-refractivity contribution is 9.10. The lowest BCUT2D eigenvalue weighted by molar-refractivity contribution is 0.225. The van der Waals surface area contributed by atoms with Crippen LogP contribution < -0.4 is 5.32 Å². The number of thiophene rings is 1. The predicted octanol–water partition coefficient (Wildman–Crippen LogP) is 4.86. The van der Waals surface area contributed by atoms with E-state index in [2.05, 4.69) is 46.5 Å². The number of hydrogen-bond donors (Lipinski definition) is 1. The van der Waals surface area contributed by atoms with Gasteiger partial charge in [-0.1, -0.05) is 26.7 Å². The molecular formula is C15H24BrNS. The number of halogens is 1. The monoisotopic (exact) mass is 329 g/mol. The zero-order valence-corrected chi connectivity index (χ0v) is 13.8. The smallest absolute Gasteiger partial charge is 0.0285 e. The van der Waals surface area contributed by atoms with Gasteiger partial charge in [0, 0.05) is 20.8 Å². The van der Waals surface area contributed by atoms with Crippen molar-refractivity contribution in [1.29, 1.82) is 0 Å². The van der Waals surface area contributed by atoms with Gasteiger partial charge in [0.1, 0.15) is 0 Å². The van der Waals surface area contributed by atoms with Crippen LogP contribution in [0.5, 0.6) is 0 Å². The standard InChI is InChI=1S/C15H24BrNS/c1-11(2)17-9-13-6-4-3-5-12(13)7-15-8-14(16)10-18-15/h8,10-13,17H,3-7,9H2,1-2H3. The third-order valence-corrected chi connectivity index (χ3v) is 5.66. The summed E-state index contributed by atoms with van der Waals surface area (Å²) < 4.78 is 1.25. The summed E-state index contributed by atoms with van der Waals surface area (Å²) in [7, 11) is 0. The molecule has 0 amide bonds. The van der Waals surface area contributed by atoms with E-state index in [9.17, 15) is 0 Å². The number of nitrogens with one attached hydrogen (secondary N) is 1. The zero-order valence-electron chi connectivity index (χ0n) is 11.4. The molecule has 0 saturated heterocycles. The summed E-state index contributed by atoms with van der Waals surface area (Å²) in [6, 6.07) is 2.91. The second-order valence-electron chi connectivity index (χ2n) is 5.80. The Hall–Kier alpha value is 0.140. The molecule has 3 heteroatoms. The highest BCUT2D eigenvalue weighted by Crippen LogP contribution is 2.34. The van der Waals surface area contributed by atoms with Crippen molar-refractivity contribution in [1.82, 2.24) is 5.32 Å². The summed E-state index contributed by atoms with van der Waals surface area (Å²) in [5, 5.41) is 5.84. The summed E-state index contributed by atoms with van der Waals surface area (Å²) in [5.74, 6) is 1.76. The van der Waals surface area contributed by atoms with Gasteiger partial charge in [0.05, 0.1) is 0 Å². The Bertz CT molecular complexity index is 361. The van der Waals surface area contributed by atoms with Crippen LogP contribution in [0.25, 0.3) is 0 Å². The van der Waals surface area contributed by atoms with Crippen molar-refractivity contribution in [3.8, 4) is 0 Å². The molecule has 0 spiro atoms. The first-order valence-electron chi connectivity index (χ1n) is 7.11. The van der Waals surface area contributed by atoms with Gasteiger partial charge >= 0.3 is 0 Å². The van der Waals surface area contributed by atoms with Crippen LogP contribution in [-0.2, 0) is 6.42 Å². The van der Waals surface area contributed by atoms with Gasteiger partial charge in [0.25, 0.3) is 0 Å². The molecule has 1 aromatic heterocycles. The third-order valence-electron chi connectivity index (χ3n) is 3.94. The largest absolute Gasteiger partial charge is 0.314 e. The van der Waals surface area contributed by atoms with Crippen LogP contribution in [0.2, 0.25) is 0 Å². The molecule has 1 nitrogen and oxygen atoms in total. The summed E-state index contributed by atoms with van der Waals surface area (Å²) >= 11 is 5.46. The molecule has 2 rings (SSSR count).